The fourth-order valence-corrected chi connectivity index (χ4v) is 7.27. The number of hydrogen-bond donors (Lipinski definition) is 0. The van der Waals surface area contributed by atoms with Crippen molar-refractivity contribution < 1.29 is 0 Å². The van der Waals surface area contributed by atoms with E-state index in [2.05, 4.69) is 144 Å². The van der Waals surface area contributed by atoms with Crippen molar-refractivity contribution in [3.05, 3.63) is 173 Å². The molecular weight excluding hydrogens is 494 g/mol. The van der Waals surface area contributed by atoms with Crippen molar-refractivity contribution in [3.8, 4) is 22.3 Å². The molecule has 39 heavy (non-hydrogen) atoms. The first-order valence-corrected chi connectivity index (χ1v) is 13.7. The average Bonchev–Trinajstić information content (AvgIpc) is 3.47. The zero-order valence-electron chi connectivity index (χ0n) is 21.2. The Morgan fingerprint density at radius 2 is 0.872 bits per heavy atom. The van der Waals surface area contributed by atoms with E-state index in [-0.39, 0.29) is 0 Å². The number of nitrogens with zero attached hydrogens (tertiary/aromatic N) is 1. The normalized spacial score (nSPS) is 15.9. The van der Waals surface area contributed by atoms with Crippen LogP contribution in [0.5, 0.6) is 0 Å². The highest BCUT2D eigenvalue weighted by atomic mass is 35.5. The molecule has 1 atom stereocenters. The van der Waals surface area contributed by atoms with Gasteiger partial charge in [-0.2, -0.15) is 0 Å². The van der Waals surface area contributed by atoms with E-state index in [1.54, 1.807) is 0 Å². The molecule has 2 heteroatoms. The number of halogens is 1. The molecule has 1 unspecified atom stereocenters. The minimum atomic E-state index is -0.533. The average molecular weight is 518 g/mol. The Hall–Kier alpha value is -4.59. The van der Waals surface area contributed by atoms with Crippen molar-refractivity contribution in [1.29, 1.82) is 0 Å². The summed E-state index contributed by atoms with van der Waals surface area (Å²) in [7, 11) is 0. The van der Waals surface area contributed by atoms with E-state index in [1.807, 2.05) is 6.07 Å². The molecule has 0 amide bonds. The molecule has 1 nitrogen and oxygen atoms in total. The van der Waals surface area contributed by atoms with Gasteiger partial charge in [0.05, 0.1) is 11.1 Å². The van der Waals surface area contributed by atoms with Crippen molar-refractivity contribution in [3.63, 3.8) is 0 Å². The van der Waals surface area contributed by atoms with Gasteiger partial charge >= 0.3 is 0 Å². The Kier molecular flexibility index (Phi) is 4.86. The molecular formula is C37H24ClN. The van der Waals surface area contributed by atoms with Gasteiger partial charge in [0, 0.05) is 22.0 Å². The number of hydrogen-bond acceptors (Lipinski definition) is 1. The van der Waals surface area contributed by atoms with Crippen molar-refractivity contribution in [1.82, 2.24) is 0 Å². The van der Waals surface area contributed by atoms with Gasteiger partial charge in [-0.3, -0.25) is 0 Å². The summed E-state index contributed by atoms with van der Waals surface area (Å²) >= 11 is 7.21. The van der Waals surface area contributed by atoms with Crippen LogP contribution < -0.4 is 4.90 Å². The SMILES string of the molecule is Clc1cccc2c1C1(c3ccccc3-2)c2ccccc2-c2cccc(N(c3ccccc3)c3ccccc3)c21. The van der Waals surface area contributed by atoms with Crippen molar-refractivity contribution >= 4 is 28.7 Å². The van der Waals surface area contributed by atoms with Crippen LogP contribution in [-0.2, 0) is 5.41 Å². The Morgan fingerprint density at radius 3 is 1.46 bits per heavy atom. The molecule has 2 aliphatic carbocycles. The first-order valence-electron chi connectivity index (χ1n) is 13.3. The van der Waals surface area contributed by atoms with Crippen LogP contribution in [0.4, 0.5) is 17.1 Å². The summed E-state index contributed by atoms with van der Waals surface area (Å²) in [5.74, 6) is 0. The van der Waals surface area contributed by atoms with Crippen LogP contribution in [0, 0.1) is 0 Å². The Morgan fingerprint density at radius 1 is 0.410 bits per heavy atom. The first-order chi connectivity index (χ1) is 19.3. The molecule has 6 aromatic carbocycles. The number of fused-ring (bicyclic) bond motifs is 10. The summed E-state index contributed by atoms with van der Waals surface area (Å²) in [4.78, 5) is 2.39. The summed E-state index contributed by atoms with van der Waals surface area (Å²) in [6.07, 6.45) is 0. The highest BCUT2D eigenvalue weighted by Crippen LogP contribution is 2.66. The number of rotatable bonds is 3. The highest BCUT2D eigenvalue weighted by Gasteiger charge is 2.54. The molecule has 0 aliphatic heterocycles. The molecule has 2 aliphatic rings. The lowest BCUT2D eigenvalue weighted by atomic mass is 9.70. The molecule has 0 fully saturated rings. The molecule has 0 saturated heterocycles. The maximum absolute atomic E-state index is 7.21. The van der Waals surface area contributed by atoms with E-state index >= 15 is 0 Å². The fourth-order valence-electron chi connectivity index (χ4n) is 6.95. The lowest BCUT2D eigenvalue weighted by Gasteiger charge is -2.36. The monoisotopic (exact) mass is 517 g/mol. The highest BCUT2D eigenvalue weighted by molar-refractivity contribution is 6.32. The van der Waals surface area contributed by atoms with E-state index < -0.39 is 5.41 Å². The van der Waals surface area contributed by atoms with Gasteiger partial charge in [-0.25, -0.2) is 0 Å². The predicted octanol–water partition coefficient (Wildman–Crippen LogP) is 10.2. The van der Waals surface area contributed by atoms with Gasteiger partial charge in [0.1, 0.15) is 0 Å². The summed E-state index contributed by atoms with van der Waals surface area (Å²) in [6, 6.07) is 52.1. The lowest BCUT2D eigenvalue weighted by Crippen LogP contribution is -2.28. The van der Waals surface area contributed by atoms with Crippen LogP contribution in [-0.4, -0.2) is 0 Å². The second-order valence-electron chi connectivity index (χ2n) is 10.2. The summed E-state index contributed by atoms with van der Waals surface area (Å²) in [5.41, 5.74) is 12.9. The lowest BCUT2D eigenvalue weighted by molar-refractivity contribution is 0.793. The van der Waals surface area contributed by atoms with E-state index in [9.17, 15) is 0 Å². The van der Waals surface area contributed by atoms with Crippen molar-refractivity contribution in [2.45, 2.75) is 5.41 Å². The van der Waals surface area contributed by atoms with E-state index in [0.717, 1.165) is 22.1 Å². The molecule has 184 valence electrons. The van der Waals surface area contributed by atoms with Gasteiger partial charge in [-0.15, -0.1) is 0 Å². The van der Waals surface area contributed by atoms with Crippen LogP contribution in [0.1, 0.15) is 22.3 Å². The van der Waals surface area contributed by atoms with Gasteiger partial charge in [0.2, 0.25) is 0 Å². The third-order valence-corrected chi connectivity index (χ3v) is 8.63. The molecule has 0 aromatic heterocycles. The standard InChI is InChI=1S/C37H24ClN/c38-33-23-11-19-29-27-17-7-9-21-31(27)37(35(29)33)32-22-10-8-18-28(32)30-20-12-24-34(36(30)37)39(25-13-3-1-4-14-25)26-15-5-2-6-16-26/h1-24H. The molecule has 6 aromatic rings. The largest absolute Gasteiger partial charge is 0.310 e. The second kappa shape index (κ2) is 8.46. The maximum atomic E-state index is 7.21. The van der Waals surface area contributed by atoms with Gasteiger partial charge < -0.3 is 4.90 Å². The van der Waals surface area contributed by atoms with Crippen LogP contribution in [0.3, 0.4) is 0 Å². The van der Waals surface area contributed by atoms with Gasteiger partial charge in [0.15, 0.2) is 0 Å². The number of para-hydroxylation sites is 2. The van der Waals surface area contributed by atoms with Crippen LogP contribution in [0.15, 0.2) is 146 Å². The second-order valence-corrected chi connectivity index (χ2v) is 10.6. The topological polar surface area (TPSA) is 3.24 Å². The van der Waals surface area contributed by atoms with E-state index in [4.69, 9.17) is 11.6 Å². The van der Waals surface area contributed by atoms with Crippen LogP contribution in [0.25, 0.3) is 22.3 Å². The van der Waals surface area contributed by atoms with Crippen molar-refractivity contribution in [2.75, 3.05) is 4.90 Å². The summed E-state index contributed by atoms with van der Waals surface area (Å²) in [5, 5.41) is 0.798. The molecule has 0 saturated carbocycles. The third kappa shape index (κ3) is 2.97. The molecule has 0 radical (unpaired) electrons. The first kappa shape index (κ1) is 22.4. The molecule has 0 N–H and O–H groups in total. The Balaban J connectivity index is 1.56. The minimum absolute atomic E-state index is 0.533. The summed E-state index contributed by atoms with van der Waals surface area (Å²) < 4.78 is 0. The molecule has 0 bridgehead atoms. The van der Waals surface area contributed by atoms with Gasteiger partial charge in [-0.05, 0) is 75.3 Å². The zero-order chi connectivity index (χ0) is 26.0. The minimum Gasteiger partial charge on any atom is -0.310 e. The fraction of sp³-hybridized carbons (Fsp3) is 0.0270. The number of benzene rings is 6. The zero-order valence-corrected chi connectivity index (χ0v) is 21.9. The van der Waals surface area contributed by atoms with E-state index in [0.29, 0.717) is 0 Å². The predicted molar refractivity (Wildman–Crippen MR) is 162 cm³/mol. The molecule has 0 heterocycles. The van der Waals surface area contributed by atoms with Crippen molar-refractivity contribution in [2.24, 2.45) is 0 Å². The maximum Gasteiger partial charge on any atom is 0.0760 e. The van der Waals surface area contributed by atoms with Crippen LogP contribution in [0.2, 0.25) is 5.02 Å². The summed E-state index contributed by atoms with van der Waals surface area (Å²) in [6.45, 7) is 0. The molecule has 8 rings (SSSR count). The number of anilines is 3. The van der Waals surface area contributed by atoms with Crippen LogP contribution >= 0.6 is 11.6 Å². The van der Waals surface area contributed by atoms with Gasteiger partial charge in [-0.1, -0.05) is 121 Å². The quantitative estimate of drug-likeness (QED) is 0.225. The Labute approximate surface area is 233 Å². The Bertz CT molecular complexity index is 1820. The van der Waals surface area contributed by atoms with E-state index in [1.165, 1.54) is 44.5 Å². The van der Waals surface area contributed by atoms with Gasteiger partial charge in [0.25, 0.3) is 0 Å². The smallest absolute Gasteiger partial charge is 0.0760 e. The third-order valence-electron chi connectivity index (χ3n) is 8.32. The molecule has 1 spiro atoms.